The largest absolute Gasteiger partial charge is 0.471 e. The molecular weight excluding hydrogens is 1710 g/mol. The number of carbonyl (C=O) groups is 4. The van der Waals surface area contributed by atoms with Crippen molar-refractivity contribution in [3.05, 3.63) is 235 Å². The first-order chi connectivity index (χ1) is 64.4. The van der Waals surface area contributed by atoms with Crippen molar-refractivity contribution >= 4 is 67.0 Å². The van der Waals surface area contributed by atoms with Crippen LogP contribution in [0, 0.1) is 0 Å². The molecule has 4 saturated carbocycles. The van der Waals surface area contributed by atoms with Crippen LogP contribution in [0.3, 0.4) is 0 Å². The Bertz CT molecular complexity index is 5920. The van der Waals surface area contributed by atoms with Crippen LogP contribution in [-0.2, 0) is 66.8 Å². The molecule has 0 unspecified atom stereocenters. The van der Waals surface area contributed by atoms with E-state index in [1.165, 1.54) is 0 Å². The summed E-state index contributed by atoms with van der Waals surface area (Å²) in [6.07, 6.45) is 27.5. The second-order valence-electron chi connectivity index (χ2n) is 41.3. The lowest BCUT2D eigenvalue weighted by Crippen LogP contribution is -2.32. The van der Waals surface area contributed by atoms with Gasteiger partial charge < -0.3 is 60.8 Å². The van der Waals surface area contributed by atoms with Crippen molar-refractivity contribution in [3.63, 3.8) is 0 Å². The molecule has 4 aliphatic carbocycles. The third-order valence-corrected chi connectivity index (χ3v) is 29.7. The van der Waals surface area contributed by atoms with Gasteiger partial charge >= 0.3 is 23.9 Å². The summed E-state index contributed by atoms with van der Waals surface area (Å²) in [7, 11) is 0. The highest BCUT2D eigenvalue weighted by molar-refractivity contribution is 5.96. The molecule has 4 aliphatic heterocycles. The number of nitrogens with two attached hydrogens (primary N) is 4. The maximum Gasteiger partial charge on any atom is 0.340 e. The molecular formula is C108H128N16O12. The lowest BCUT2D eigenvalue weighted by Gasteiger charge is -2.27. The average Bonchev–Trinajstić information content (AvgIpc) is 1.24. The molecule has 712 valence electrons. The van der Waals surface area contributed by atoms with Gasteiger partial charge in [-0.05, 0) is 277 Å². The van der Waals surface area contributed by atoms with Gasteiger partial charge in [0, 0.05) is 167 Å². The lowest BCUT2D eigenvalue weighted by molar-refractivity contribution is 0.0225. The Labute approximate surface area is 795 Å². The van der Waals surface area contributed by atoms with Crippen LogP contribution in [0.1, 0.15) is 371 Å². The van der Waals surface area contributed by atoms with E-state index in [0.29, 0.717) is 71.5 Å². The molecule has 12 aromatic rings. The van der Waals surface area contributed by atoms with E-state index in [9.17, 15) is 19.2 Å². The zero-order valence-electron chi connectivity index (χ0n) is 82.1. The molecule has 0 saturated heterocycles. The molecule has 16 heterocycles. The van der Waals surface area contributed by atoms with Gasteiger partial charge in [0.15, 0.2) is 0 Å². The predicted octanol–water partition coefficient (Wildman–Crippen LogP) is 19.2. The molecule has 28 heteroatoms. The van der Waals surface area contributed by atoms with E-state index in [1.54, 1.807) is 0 Å². The Hall–Kier alpha value is -12.2. The Balaban J connectivity index is 0.000000126. The number of cyclic esters (lactones) is 4. The molecule has 4 fully saturated rings. The smallest absolute Gasteiger partial charge is 0.340 e. The standard InChI is InChI=1S/4C27H32N4O3/c4*1-6-27(5,28)22-14-30-24(34-26(4)9-10-26)21-13-29-18(12-20(21)22)11-17-7-8-19-23(31-17)15(2)16(3)33-25(19)32/h4*7-8,12-16H,6,9-11,28H2,1-5H3/t2*15-,16+,27+;2*15-,16+,27-/m1010/s1. The zero-order chi connectivity index (χ0) is 97.0. The molecule has 0 amide bonds. The number of pyridine rings is 12. The molecule has 20 rings (SSSR count). The first kappa shape index (κ1) is 95.5. The van der Waals surface area contributed by atoms with Gasteiger partial charge in [-0.1, -0.05) is 55.4 Å². The summed E-state index contributed by atoms with van der Waals surface area (Å²) in [4.78, 5) is 106. The van der Waals surface area contributed by atoms with Crippen LogP contribution in [-0.4, -0.2) is 131 Å². The maximum atomic E-state index is 12.2. The number of aromatic nitrogens is 12. The van der Waals surface area contributed by atoms with Crippen molar-refractivity contribution in [3.8, 4) is 23.5 Å². The summed E-state index contributed by atoms with van der Waals surface area (Å²) in [5, 5.41) is 7.55. The van der Waals surface area contributed by atoms with E-state index in [4.69, 9.17) is 101 Å². The minimum Gasteiger partial charge on any atom is -0.471 e. The molecule has 0 spiro atoms. The number of nitrogens with zero attached hydrogens (tertiary/aromatic N) is 12. The highest BCUT2D eigenvalue weighted by Gasteiger charge is 2.46. The fourth-order valence-electron chi connectivity index (χ4n) is 17.5. The number of rotatable bonds is 24. The van der Waals surface area contributed by atoms with Crippen molar-refractivity contribution in [2.45, 2.75) is 334 Å². The van der Waals surface area contributed by atoms with Gasteiger partial charge in [-0.15, -0.1) is 0 Å². The van der Waals surface area contributed by atoms with Gasteiger partial charge in [-0.2, -0.15) is 0 Å². The van der Waals surface area contributed by atoms with Crippen molar-refractivity contribution in [2.75, 3.05) is 0 Å². The summed E-state index contributed by atoms with van der Waals surface area (Å²) in [6.45, 7) is 40.6. The average molecular weight is 1840 g/mol. The van der Waals surface area contributed by atoms with Crippen LogP contribution < -0.4 is 41.9 Å². The predicted molar refractivity (Wildman–Crippen MR) is 520 cm³/mol. The van der Waals surface area contributed by atoms with Gasteiger partial charge in [0.05, 0.1) is 66.6 Å². The number of hydrogen-bond donors (Lipinski definition) is 4. The van der Waals surface area contributed by atoms with E-state index in [2.05, 4.69) is 99.6 Å². The summed E-state index contributed by atoms with van der Waals surface area (Å²) in [6, 6.07) is 23.1. The molecule has 28 nitrogen and oxygen atoms in total. The van der Waals surface area contributed by atoms with Crippen molar-refractivity contribution in [1.29, 1.82) is 0 Å². The second kappa shape index (κ2) is 36.3. The molecule has 8 N–H and O–H groups in total. The first-order valence-corrected chi connectivity index (χ1v) is 48.3. The molecule has 8 aliphatic rings. The molecule has 12 aromatic heterocycles. The third-order valence-electron chi connectivity index (χ3n) is 29.7. The highest BCUT2D eigenvalue weighted by Crippen LogP contribution is 2.48. The zero-order valence-corrected chi connectivity index (χ0v) is 82.1. The summed E-state index contributed by atoms with van der Waals surface area (Å²) in [5.41, 5.74) is 40.2. The Morgan fingerprint density at radius 2 is 0.485 bits per heavy atom. The first-order valence-electron chi connectivity index (χ1n) is 48.3. The normalized spacial score (nSPS) is 22.6. The SMILES string of the molecule is CC[C@@](C)(N)c1cnc(OC2(C)CC2)c2cnc(Cc3ccc4c(n3)[C@@H](C)[C@@H](C)OC4=O)cc12.CC[C@@](C)(N)c1cnc(OC2(C)CC2)c2cnc(Cc3ccc4c(n3)[C@H](C)[C@H](C)OC4=O)cc12.CC[C@](C)(N)c1cnc(OC2(C)CC2)c2cnc(Cc3ccc4c(n3)[C@@H](C)[C@@H](C)OC4=O)cc12.CC[C@](C)(N)c1cnc(OC2(C)CC2)c2cnc(Cc3ccc4c(n3)[C@H](C)[C@H](C)OC4=O)cc12. The summed E-state index contributed by atoms with van der Waals surface area (Å²) >= 11 is 0. The lowest BCUT2D eigenvalue weighted by atomic mass is 9.88. The fourth-order valence-corrected chi connectivity index (χ4v) is 17.5. The Kier molecular flexibility index (Phi) is 25.5. The topological polar surface area (TPSA) is 401 Å². The quantitative estimate of drug-likeness (QED) is 0.0322. The van der Waals surface area contributed by atoms with E-state index in [1.807, 2.05) is 181 Å². The van der Waals surface area contributed by atoms with E-state index < -0.39 is 22.2 Å². The van der Waals surface area contributed by atoms with Crippen LogP contribution in [0.5, 0.6) is 23.5 Å². The van der Waals surface area contributed by atoms with E-state index >= 15 is 0 Å². The molecule has 136 heavy (non-hydrogen) atoms. The highest BCUT2D eigenvalue weighted by atomic mass is 16.6. The van der Waals surface area contributed by atoms with Crippen molar-refractivity contribution < 1.29 is 57.1 Å². The van der Waals surface area contributed by atoms with Crippen molar-refractivity contribution in [2.24, 2.45) is 22.9 Å². The summed E-state index contributed by atoms with van der Waals surface area (Å²) < 4.78 is 46.6. The minimum atomic E-state index is -0.526. The van der Waals surface area contributed by atoms with Crippen molar-refractivity contribution in [1.82, 2.24) is 59.8 Å². The Morgan fingerprint density at radius 3 is 0.662 bits per heavy atom. The molecule has 0 bridgehead atoms. The second-order valence-corrected chi connectivity index (χ2v) is 41.3. The van der Waals surface area contributed by atoms with Gasteiger partial charge in [0.1, 0.15) is 46.8 Å². The number of esters is 4. The van der Waals surface area contributed by atoms with Gasteiger partial charge in [0.2, 0.25) is 23.5 Å². The maximum absolute atomic E-state index is 12.2. The van der Waals surface area contributed by atoms with Gasteiger partial charge in [0.25, 0.3) is 0 Å². The molecule has 0 radical (unpaired) electrons. The van der Waals surface area contributed by atoms with Crippen LogP contribution >= 0.6 is 0 Å². The van der Waals surface area contributed by atoms with Crippen LogP contribution in [0.25, 0.3) is 43.1 Å². The van der Waals surface area contributed by atoms with Crippen LogP contribution in [0.2, 0.25) is 0 Å². The van der Waals surface area contributed by atoms with Gasteiger partial charge in [-0.25, -0.2) is 39.1 Å². The number of hydrogen-bond acceptors (Lipinski definition) is 28. The number of carbonyl (C=O) groups excluding carboxylic acids is 4. The van der Waals surface area contributed by atoms with Gasteiger partial charge in [-0.3, -0.25) is 39.9 Å². The third kappa shape index (κ3) is 19.8. The van der Waals surface area contributed by atoms with E-state index in [-0.39, 0.29) is 94.4 Å². The molecule has 12 atom stereocenters. The van der Waals surface area contributed by atoms with E-state index in [0.717, 1.165) is 211 Å². The van der Waals surface area contributed by atoms with Crippen LogP contribution in [0.15, 0.2) is 122 Å². The minimum absolute atomic E-state index is 0.0425. The monoisotopic (exact) mass is 1840 g/mol. The summed E-state index contributed by atoms with van der Waals surface area (Å²) in [5.74, 6) is 1.38. The molecule has 0 aromatic carbocycles. The Morgan fingerprint density at radius 1 is 0.294 bits per heavy atom. The van der Waals surface area contributed by atoms with Crippen LogP contribution in [0.4, 0.5) is 0 Å². The number of ether oxygens (including phenoxy) is 8. The number of fused-ring (bicyclic) bond motifs is 8. The fraction of sp³-hybridized carbons (Fsp3) is 0.481.